The molecule has 0 aromatic heterocycles. The highest BCUT2D eigenvalue weighted by molar-refractivity contribution is 7.54. The lowest BCUT2D eigenvalue weighted by atomic mass is 9.98. The van der Waals surface area contributed by atoms with Crippen molar-refractivity contribution in [2.45, 2.75) is 82.6 Å². The zero-order valence-corrected chi connectivity index (χ0v) is 13.1. The van der Waals surface area contributed by atoms with Crippen LogP contribution in [-0.4, -0.2) is 24.5 Å². The van der Waals surface area contributed by atoms with Crippen molar-refractivity contribution in [1.29, 1.82) is 0 Å². The second-order valence-electron chi connectivity index (χ2n) is 6.12. The Morgan fingerprint density at radius 2 is 1.19 bits per heavy atom. The van der Waals surface area contributed by atoms with Gasteiger partial charge in [-0.15, -0.1) is 0 Å². The minimum atomic E-state index is -4.53. The number of hydrogen-bond acceptors (Lipinski definition) is 3. The van der Waals surface area contributed by atoms with Crippen LogP contribution in [0.2, 0.25) is 0 Å². The minimum Gasteiger partial charge on any atom is -0.305 e. The Hall–Kier alpha value is -0.0600. The molecule has 0 amide bonds. The van der Waals surface area contributed by atoms with Crippen LogP contribution in [0.1, 0.15) is 64.2 Å². The molecule has 7 heteroatoms. The lowest BCUT2D eigenvalue weighted by molar-refractivity contribution is -0.111. The summed E-state index contributed by atoms with van der Waals surface area (Å²) in [6.45, 7) is 0. The van der Waals surface area contributed by atoms with Gasteiger partial charge >= 0.3 is 13.8 Å². The molecular formula is C14H24F3O3P. The molecule has 3 nitrogen and oxygen atoms in total. The Labute approximate surface area is 124 Å². The second-order valence-corrected chi connectivity index (χ2v) is 8.07. The van der Waals surface area contributed by atoms with Crippen LogP contribution in [0.3, 0.4) is 0 Å². The third-order valence-electron chi connectivity index (χ3n) is 4.10. The Balaban J connectivity index is 1.99. The van der Waals surface area contributed by atoms with Crippen molar-refractivity contribution in [2.24, 2.45) is 0 Å². The first-order chi connectivity index (χ1) is 9.86. The highest BCUT2D eigenvalue weighted by atomic mass is 31.2. The molecule has 0 unspecified atom stereocenters. The highest BCUT2D eigenvalue weighted by Gasteiger charge is 2.44. The maximum Gasteiger partial charge on any atom is 0.400 e. The van der Waals surface area contributed by atoms with Gasteiger partial charge in [0, 0.05) is 0 Å². The maximum atomic E-state index is 12.7. The van der Waals surface area contributed by atoms with Gasteiger partial charge in [-0.1, -0.05) is 38.5 Å². The summed E-state index contributed by atoms with van der Waals surface area (Å²) in [4.78, 5) is 0. The molecule has 2 saturated carbocycles. The molecule has 2 aliphatic carbocycles. The van der Waals surface area contributed by atoms with E-state index in [-0.39, 0.29) is 12.2 Å². The Morgan fingerprint density at radius 3 is 1.52 bits per heavy atom. The predicted octanol–water partition coefficient (Wildman–Crippen LogP) is 5.44. The van der Waals surface area contributed by atoms with Crippen LogP contribution in [0.4, 0.5) is 13.2 Å². The molecule has 2 rings (SSSR count). The molecule has 0 saturated heterocycles. The first-order valence-electron chi connectivity index (χ1n) is 7.89. The molecule has 0 aliphatic heterocycles. The van der Waals surface area contributed by atoms with E-state index in [1.54, 1.807) is 0 Å². The van der Waals surface area contributed by atoms with Crippen molar-refractivity contribution < 1.29 is 26.8 Å². The molecule has 0 aromatic carbocycles. The maximum absolute atomic E-state index is 12.7. The van der Waals surface area contributed by atoms with Crippen LogP contribution >= 0.6 is 7.60 Å². The van der Waals surface area contributed by atoms with Gasteiger partial charge in [0.2, 0.25) is 0 Å². The van der Waals surface area contributed by atoms with Gasteiger partial charge in [-0.2, -0.15) is 13.2 Å². The van der Waals surface area contributed by atoms with Crippen molar-refractivity contribution in [3.05, 3.63) is 0 Å². The van der Waals surface area contributed by atoms with E-state index in [2.05, 4.69) is 0 Å². The van der Waals surface area contributed by atoms with Crippen LogP contribution in [-0.2, 0) is 13.6 Å². The van der Waals surface area contributed by atoms with E-state index in [4.69, 9.17) is 9.05 Å². The Kier molecular flexibility index (Phi) is 6.15. The first-order valence-corrected chi connectivity index (χ1v) is 9.62. The van der Waals surface area contributed by atoms with Gasteiger partial charge in [-0.25, -0.2) is 0 Å². The fraction of sp³-hybridized carbons (Fsp3) is 1.00. The van der Waals surface area contributed by atoms with Gasteiger partial charge in [0.25, 0.3) is 0 Å². The van der Waals surface area contributed by atoms with Gasteiger partial charge in [-0.05, 0) is 25.7 Å². The smallest absolute Gasteiger partial charge is 0.305 e. The van der Waals surface area contributed by atoms with Crippen LogP contribution in [0.25, 0.3) is 0 Å². The van der Waals surface area contributed by atoms with E-state index < -0.39 is 19.9 Å². The summed E-state index contributed by atoms with van der Waals surface area (Å²) in [5, 5.41) is 0. The second kappa shape index (κ2) is 7.47. The highest BCUT2D eigenvalue weighted by Crippen LogP contribution is 2.56. The van der Waals surface area contributed by atoms with Gasteiger partial charge in [0.1, 0.15) is 6.16 Å². The van der Waals surface area contributed by atoms with E-state index >= 15 is 0 Å². The van der Waals surface area contributed by atoms with Gasteiger partial charge in [-0.3, -0.25) is 4.57 Å². The summed E-state index contributed by atoms with van der Waals surface area (Å²) in [7, 11) is -4.10. The van der Waals surface area contributed by atoms with Gasteiger partial charge in [0.15, 0.2) is 0 Å². The van der Waals surface area contributed by atoms with Gasteiger partial charge in [0.05, 0.1) is 12.2 Å². The molecule has 0 spiro atoms. The van der Waals surface area contributed by atoms with Crippen molar-refractivity contribution in [3.8, 4) is 0 Å². The Morgan fingerprint density at radius 1 is 0.810 bits per heavy atom. The monoisotopic (exact) mass is 328 g/mol. The third-order valence-corrected chi connectivity index (χ3v) is 6.08. The zero-order valence-electron chi connectivity index (χ0n) is 12.2. The number of alkyl halides is 3. The normalized spacial score (nSPS) is 23.4. The van der Waals surface area contributed by atoms with E-state index in [1.165, 1.54) is 0 Å². The minimum absolute atomic E-state index is 0.351. The molecule has 0 N–H and O–H groups in total. The third kappa shape index (κ3) is 6.29. The largest absolute Gasteiger partial charge is 0.400 e. The lowest BCUT2D eigenvalue weighted by Crippen LogP contribution is -2.25. The van der Waals surface area contributed by atoms with E-state index in [1.807, 2.05) is 0 Å². The molecule has 0 atom stereocenters. The zero-order chi connectivity index (χ0) is 15.3. The molecule has 2 aliphatic rings. The lowest BCUT2D eigenvalue weighted by Gasteiger charge is -2.31. The summed E-state index contributed by atoms with van der Waals surface area (Å²) in [5.41, 5.74) is 0. The molecule has 0 bridgehead atoms. The van der Waals surface area contributed by atoms with Crippen molar-refractivity contribution in [1.82, 2.24) is 0 Å². The molecule has 0 heterocycles. The average Bonchev–Trinajstić information content (AvgIpc) is 2.38. The summed E-state index contributed by atoms with van der Waals surface area (Å²) in [6, 6.07) is 0. The molecule has 0 aromatic rings. The summed E-state index contributed by atoms with van der Waals surface area (Å²) in [5.74, 6) is 0. The van der Waals surface area contributed by atoms with Crippen molar-refractivity contribution in [3.63, 3.8) is 0 Å². The number of rotatable bonds is 5. The standard InChI is InChI=1S/C14H24F3O3P/c15-14(16,17)11-21(18,19-12-7-3-1-4-8-12)20-13-9-5-2-6-10-13/h12-13H,1-11H2. The molecule has 0 radical (unpaired) electrons. The predicted molar refractivity (Wildman–Crippen MR) is 74.4 cm³/mol. The van der Waals surface area contributed by atoms with E-state index in [0.717, 1.165) is 38.5 Å². The molecular weight excluding hydrogens is 304 g/mol. The summed E-state index contributed by atoms with van der Waals surface area (Å²) < 4.78 is 61.5. The van der Waals surface area contributed by atoms with Crippen molar-refractivity contribution >= 4 is 7.60 Å². The fourth-order valence-electron chi connectivity index (χ4n) is 3.11. The quantitative estimate of drug-likeness (QED) is 0.630. The van der Waals surface area contributed by atoms with Crippen LogP contribution < -0.4 is 0 Å². The SMILES string of the molecule is O=P(CC(F)(F)F)(OC1CCCCC1)OC1CCCCC1. The average molecular weight is 328 g/mol. The topological polar surface area (TPSA) is 35.5 Å². The molecule has 124 valence electrons. The summed E-state index contributed by atoms with van der Waals surface area (Å²) >= 11 is 0. The van der Waals surface area contributed by atoms with Gasteiger partial charge < -0.3 is 9.05 Å². The van der Waals surface area contributed by atoms with E-state index in [0.29, 0.717) is 25.7 Å². The first kappa shape index (κ1) is 17.3. The van der Waals surface area contributed by atoms with Crippen LogP contribution in [0.15, 0.2) is 0 Å². The summed E-state index contributed by atoms with van der Waals surface area (Å²) in [6.07, 6.45) is 1.80. The number of hydrogen-bond donors (Lipinski definition) is 0. The van der Waals surface area contributed by atoms with Crippen LogP contribution in [0.5, 0.6) is 0 Å². The number of halogens is 3. The van der Waals surface area contributed by atoms with Crippen LogP contribution in [0, 0.1) is 0 Å². The molecule has 21 heavy (non-hydrogen) atoms. The Bertz CT molecular complexity index is 337. The molecule has 2 fully saturated rings. The van der Waals surface area contributed by atoms with Crippen molar-refractivity contribution in [2.75, 3.05) is 6.16 Å². The van der Waals surface area contributed by atoms with E-state index in [9.17, 15) is 17.7 Å². The fourth-order valence-corrected chi connectivity index (χ4v) is 5.08.